The maximum atomic E-state index is 15.7. The third-order valence-corrected chi connectivity index (χ3v) is 9.37. The van der Waals surface area contributed by atoms with E-state index in [1.54, 1.807) is 18.5 Å². The van der Waals surface area contributed by atoms with Crippen LogP contribution in [-0.4, -0.2) is 102 Å². The van der Waals surface area contributed by atoms with Gasteiger partial charge in [-0.15, -0.1) is 11.3 Å². The molecule has 0 spiro atoms. The van der Waals surface area contributed by atoms with Crippen LogP contribution in [-0.2, 0) is 23.9 Å². The van der Waals surface area contributed by atoms with Crippen molar-refractivity contribution in [2.24, 2.45) is 10.4 Å². The summed E-state index contributed by atoms with van der Waals surface area (Å²) in [6, 6.07) is 0.431. The number of carbonyl (C=O) groups excluding carboxylic acids is 1. The first kappa shape index (κ1) is 33.3. The number of aliphatic imine (C=N–C) groups is 1. The molecule has 3 aliphatic rings. The number of thiazole rings is 1. The van der Waals surface area contributed by atoms with Crippen LogP contribution in [0, 0.1) is 11.2 Å². The highest BCUT2D eigenvalue weighted by molar-refractivity contribution is 7.11. The molecule has 2 aromatic rings. The Bertz CT molecular complexity index is 1510. The van der Waals surface area contributed by atoms with Gasteiger partial charge in [-0.05, 0) is 32.9 Å². The summed E-state index contributed by atoms with van der Waals surface area (Å²) in [5.74, 6) is -5.44. The predicted molar refractivity (Wildman–Crippen MR) is 159 cm³/mol. The molecule has 1 aromatic carbocycles. The van der Waals surface area contributed by atoms with Crippen LogP contribution in [0.1, 0.15) is 37.4 Å². The SMILES string of the molecule is CCOC(=O)C1=C(CN2CC(F)(F)[C@H]3[C@@H]2CON3C[C@@H](OC)C(C)(C)C(=O)O)NC(c2nccs2)=N[C@H]1c1ccc(F)cc1Cl. The van der Waals surface area contributed by atoms with Crippen LogP contribution in [0.2, 0.25) is 5.02 Å². The molecular formula is C29H33ClF3N5O6S. The Morgan fingerprint density at radius 1 is 1.36 bits per heavy atom. The van der Waals surface area contributed by atoms with E-state index in [0.29, 0.717) is 10.6 Å². The molecule has 0 aliphatic carbocycles. The Kier molecular flexibility index (Phi) is 9.59. The average Bonchev–Trinajstić information content (AvgIpc) is 3.70. The van der Waals surface area contributed by atoms with Crippen molar-refractivity contribution in [1.29, 1.82) is 0 Å². The molecule has 3 aliphatic heterocycles. The van der Waals surface area contributed by atoms with Gasteiger partial charge < -0.3 is 19.9 Å². The van der Waals surface area contributed by atoms with Crippen molar-refractivity contribution < 1.29 is 42.2 Å². The molecule has 11 nitrogen and oxygen atoms in total. The van der Waals surface area contributed by atoms with Crippen molar-refractivity contribution in [3.63, 3.8) is 0 Å². The number of aliphatic carboxylic acids is 1. The molecule has 0 radical (unpaired) electrons. The number of fused-ring (bicyclic) bond motifs is 1. The van der Waals surface area contributed by atoms with E-state index in [1.807, 2.05) is 0 Å². The van der Waals surface area contributed by atoms with Gasteiger partial charge in [0.05, 0.1) is 49.4 Å². The molecular weight excluding hydrogens is 639 g/mol. The number of likely N-dealkylation sites (tertiary alicyclic amines) is 1. The molecule has 244 valence electrons. The first-order valence-corrected chi connectivity index (χ1v) is 15.4. The Morgan fingerprint density at radius 2 is 2.11 bits per heavy atom. The molecule has 0 saturated carbocycles. The molecule has 0 bridgehead atoms. The number of nitrogens with one attached hydrogen (secondary N) is 1. The minimum atomic E-state index is -3.27. The maximum Gasteiger partial charge on any atom is 0.338 e. The number of esters is 1. The van der Waals surface area contributed by atoms with Crippen LogP contribution < -0.4 is 5.32 Å². The van der Waals surface area contributed by atoms with Crippen molar-refractivity contribution >= 4 is 40.7 Å². The van der Waals surface area contributed by atoms with Crippen molar-refractivity contribution in [3.05, 3.63) is 62.5 Å². The molecule has 4 heterocycles. The second-order valence-corrected chi connectivity index (χ2v) is 12.7. The molecule has 2 fully saturated rings. The van der Waals surface area contributed by atoms with E-state index in [2.05, 4.69) is 10.3 Å². The largest absolute Gasteiger partial charge is 0.481 e. The lowest BCUT2D eigenvalue weighted by atomic mass is 9.86. The average molecular weight is 672 g/mol. The van der Waals surface area contributed by atoms with Gasteiger partial charge in [-0.25, -0.2) is 22.9 Å². The summed E-state index contributed by atoms with van der Waals surface area (Å²) in [6.07, 6.45) is 0.624. The van der Waals surface area contributed by atoms with E-state index in [4.69, 9.17) is 30.9 Å². The lowest BCUT2D eigenvalue weighted by Gasteiger charge is -2.34. The monoisotopic (exact) mass is 671 g/mol. The number of aromatic nitrogens is 1. The highest BCUT2D eigenvalue weighted by atomic mass is 35.5. The number of rotatable bonds is 11. The number of amidine groups is 1. The third-order valence-electron chi connectivity index (χ3n) is 8.26. The molecule has 2 N–H and O–H groups in total. The van der Waals surface area contributed by atoms with Crippen LogP contribution >= 0.6 is 22.9 Å². The van der Waals surface area contributed by atoms with Crippen molar-refractivity contribution in [2.45, 2.75) is 50.9 Å². The number of carbonyl (C=O) groups is 2. The number of methoxy groups -OCH3 is 1. The van der Waals surface area contributed by atoms with E-state index in [9.17, 15) is 19.1 Å². The quantitative estimate of drug-likeness (QED) is 0.340. The second kappa shape index (κ2) is 13.0. The number of benzene rings is 1. The molecule has 16 heteroatoms. The first-order chi connectivity index (χ1) is 21.3. The van der Waals surface area contributed by atoms with Gasteiger partial charge in [0.1, 0.15) is 17.9 Å². The zero-order valence-corrected chi connectivity index (χ0v) is 26.5. The number of alkyl halides is 2. The van der Waals surface area contributed by atoms with Crippen LogP contribution in [0.4, 0.5) is 13.2 Å². The van der Waals surface area contributed by atoms with Gasteiger partial charge >= 0.3 is 11.9 Å². The Labute approximate surface area is 266 Å². The number of hydroxylamine groups is 2. The number of halogens is 4. The molecule has 5 rings (SSSR count). The predicted octanol–water partition coefficient (Wildman–Crippen LogP) is 3.91. The zero-order valence-electron chi connectivity index (χ0n) is 24.9. The van der Waals surface area contributed by atoms with E-state index < -0.39 is 59.9 Å². The molecule has 1 aromatic heterocycles. The highest BCUT2D eigenvalue weighted by Gasteiger charge is 2.61. The van der Waals surface area contributed by atoms with Gasteiger partial charge in [0.15, 0.2) is 10.8 Å². The van der Waals surface area contributed by atoms with Crippen molar-refractivity contribution in [3.8, 4) is 0 Å². The molecule has 2 saturated heterocycles. The van der Waals surface area contributed by atoms with Gasteiger partial charge in [-0.2, -0.15) is 5.06 Å². The Morgan fingerprint density at radius 3 is 2.73 bits per heavy atom. The van der Waals surface area contributed by atoms with Crippen LogP contribution in [0.3, 0.4) is 0 Å². The van der Waals surface area contributed by atoms with Gasteiger partial charge in [0.2, 0.25) is 0 Å². The molecule has 45 heavy (non-hydrogen) atoms. The Balaban J connectivity index is 1.51. The summed E-state index contributed by atoms with van der Waals surface area (Å²) in [4.78, 5) is 41.6. The number of nitrogens with zero attached hydrogens (tertiary/aromatic N) is 4. The van der Waals surface area contributed by atoms with Crippen molar-refractivity contribution in [2.75, 3.05) is 40.0 Å². The van der Waals surface area contributed by atoms with Gasteiger partial charge in [0.25, 0.3) is 5.92 Å². The normalized spacial score (nSPS) is 24.3. The van der Waals surface area contributed by atoms with Crippen LogP contribution in [0.5, 0.6) is 0 Å². The summed E-state index contributed by atoms with van der Waals surface area (Å²) >= 11 is 7.71. The highest BCUT2D eigenvalue weighted by Crippen LogP contribution is 2.43. The standard InChI is InChI=1S/C29H33ClF3N5O6S/c1-5-43-26(39)21-18(35-24(25-34-8-9-45-25)36-22(21)16-7-6-15(31)10-17(16)30)11-37-14-29(32,33)23-19(37)13-44-38(23)12-20(42-4)28(2,3)27(40)41/h6-10,19-20,22-23H,5,11-14H2,1-4H3,(H,35,36)(H,40,41)/t19-,20+,22-,23+/m0/s1. The fourth-order valence-corrected chi connectivity index (χ4v) is 6.68. The summed E-state index contributed by atoms with van der Waals surface area (Å²) in [5, 5.41) is 16.2. The second-order valence-electron chi connectivity index (χ2n) is 11.4. The summed E-state index contributed by atoms with van der Waals surface area (Å²) in [5.41, 5.74) is -0.774. The fourth-order valence-electron chi connectivity index (χ4n) is 5.82. The Hall–Kier alpha value is -3.08. The third kappa shape index (κ3) is 6.46. The van der Waals surface area contributed by atoms with E-state index in [0.717, 1.165) is 11.1 Å². The number of hydrogen-bond acceptors (Lipinski definition) is 11. The summed E-state index contributed by atoms with van der Waals surface area (Å²) in [6.45, 7) is 3.44. The number of carboxylic acid groups (broad SMARTS) is 1. The topological polar surface area (TPSA) is 126 Å². The van der Waals surface area contributed by atoms with E-state index >= 15 is 8.78 Å². The molecule has 0 unspecified atom stereocenters. The van der Waals surface area contributed by atoms with Crippen molar-refractivity contribution in [1.82, 2.24) is 20.3 Å². The number of hydrogen-bond donors (Lipinski definition) is 2. The fraction of sp³-hybridized carbons (Fsp3) is 0.517. The maximum absolute atomic E-state index is 15.7. The summed E-state index contributed by atoms with van der Waals surface area (Å²) in [7, 11) is 1.32. The lowest BCUT2D eigenvalue weighted by Crippen LogP contribution is -2.51. The van der Waals surface area contributed by atoms with Gasteiger partial charge in [0, 0.05) is 41.5 Å². The zero-order chi connectivity index (χ0) is 32.7. The van der Waals surface area contributed by atoms with E-state index in [1.165, 1.54) is 49.3 Å². The molecule has 4 atom stereocenters. The minimum Gasteiger partial charge on any atom is -0.481 e. The van der Waals surface area contributed by atoms with Crippen LogP contribution in [0.15, 0.2) is 46.0 Å². The van der Waals surface area contributed by atoms with Crippen LogP contribution in [0.25, 0.3) is 0 Å². The smallest absolute Gasteiger partial charge is 0.338 e. The number of carboxylic acids is 1. The number of ether oxygens (including phenoxy) is 2. The van der Waals surface area contributed by atoms with Gasteiger partial charge in [-0.1, -0.05) is 17.7 Å². The summed E-state index contributed by atoms with van der Waals surface area (Å²) < 4.78 is 56.3. The van der Waals surface area contributed by atoms with Gasteiger partial charge in [-0.3, -0.25) is 19.5 Å². The first-order valence-electron chi connectivity index (χ1n) is 14.2. The lowest BCUT2D eigenvalue weighted by molar-refractivity contribution is -0.205. The minimum absolute atomic E-state index is 0.0230. The molecule has 0 amide bonds. The van der Waals surface area contributed by atoms with E-state index in [-0.39, 0.29) is 48.4 Å².